The third-order valence-electron chi connectivity index (χ3n) is 5.09. The van der Waals surface area contributed by atoms with Crippen LogP contribution in [0.4, 0.5) is 0 Å². The number of hydrogen-bond acceptors (Lipinski definition) is 5. The van der Waals surface area contributed by atoms with E-state index in [-0.39, 0.29) is 0 Å². The van der Waals surface area contributed by atoms with E-state index >= 15 is 0 Å². The van der Waals surface area contributed by atoms with Gasteiger partial charge in [-0.3, -0.25) is 4.90 Å². The zero-order valence-corrected chi connectivity index (χ0v) is 13.3. The highest BCUT2D eigenvalue weighted by molar-refractivity contribution is 5.44. The second-order valence-corrected chi connectivity index (χ2v) is 6.69. The average Bonchev–Trinajstić information content (AvgIpc) is 3.12. The van der Waals surface area contributed by atoms with E-state index in [1.807, 2.05) is 6.07 Å². The smallest absolute Gasteiger partial charge is 0.231 e. The summed E-state index contributed by atoms with van der Waals surface area (Å²) in [5.74, 6) is 1.73. The van der Waals surface area contributed by atoms with Crippen LogP contribution < -0.4 is 9.47 Å². The molecule has 3 aliphatic heterocycles. The molecule has 3 aliphatic rings. The Labute approximate surface area is 131 Å². The van der Waals surface area contributed by atoms with Crippen LogP contribution in [0.3, 0.4) is 0 Å². The first-order chi connectivity index (χ1) is 10.7. The van der Waals surface area contributed by atoms with Gasteiger partial charge in [0.1, 0.15) is 0 Å². The molecule has 0 amide bonds. The molecular weight excluding hydrogens is 280 g/mol. The number of nitrogens with zero attached hydrogens (tertiary/aromatic N) is 2. The van der Waals surface area contributed by atoms with Crippen LogP contribution in [0.2, 0.25) is 0 Å². The molecule has 3 atom stereocenters. The molecule has 4 rings (SSSR count). The second-order valence-electron chi connectivity index (χ2n) is 6.69. The third kappa shape index (κ3) is 2.47. The van der Waals surface area contributed by atoms with E-state index in [0.717, 1.165) is 31.2 Å². The monoisotopic (exact) mass is 304 g/mol. The predicted octanol–water partition coefficient (Wildman–Crippen LogP) is 1.71. The molecule has 1 aromatic rings. The van der Waals surface area contributed by atoms with Crippen LogP contribution in [0.5, 0.6) is 11.5 Å². The lowest BCUT2D eigenvalue weighted by atomic mass is 10.0. The maximum absolute atomic E-state index is 6.09. The number of benzene rings is 1. The summed E-state index contributed by atoms with van der Waals surface area (Å²) in [6.07, 6.45) is 2.75. The molecule has 0 bridgehead atoms. The fourth-order valence-corrected chi connectivity index (χ4v) is 3.94. The Balaban J connectivity index is 1.52. The molecule has 3 heterocycles. The van der Waals surface area contributed by atoms with Crippen molar-refractivity contribution in [1.82, 2.24) is 9.80 Å². The summed E-state index contributed by atoms with van der Waals surface area (Å²) in [6, 6.07) is 7.30. The van der Waals surface area contributed by atoms with Crippen molar-refractivity contribution in [1.29, 1.82) is 0 Å². The molecule has 5 heteroatoms. The molecular formula is C17H24N2O3. The molecule has 0 aromatic heterocycles. The Morgan fingerprint density at radius 3 is 2.95 bits per heavy atom. The highest BCUT2D eigenvalue weighted by Gasteiger charge is 2.44. The highest BCUT2D eigenvalue weighted by atomic mass is 16.7. The summed E-state index contributed by atoms with van der Waals surface area (Å²) >= 11 is 0. The van der Waals surface area contributed by atoms with Gasteiger partial charge in [0.15, 0.2) is 11.5 Å². The third-order valence-corrected chi connectivity index (χ3v) is 5.09. The van der Waals surface area contributed by atoms with Gasteiger partial charge in [0.05, 0.1) is 6.10 Å². The minimum Gasteiger partial charge on any atom is -0.454 e. The van der Waals surface area contributed by atoms with Crippen molar-refractivity contribution in [3.8, 4) is 11.5 Å². The Hall–Kier alpha value is -1.30. The molecule has 0 saturated carbocycles. The normalized spacial score (nSPS) is 30.8. The van der Waals surface area contributed by atoms with Crippen molar-refractivity contribution in [2.75, 3.05) is 34.0 Å². The van der Waals surface area contributed by atoms with E-state index < -0.39 is 0 Å². The fourth-order valence-electron chi connectivity index (χ4n) is 3.94. The SMILES string of the molecule is CN(C)[C@@H]1CN(Cc2ccc3c(c2)OCO3)[C@@H]2CCCO[C@H]12. The van der Waals surface area contributed by atoms with Crippen LogP contribution >= 0.6 is 0 Å². The van der Waals surface area contributed by atoms with Crippen LogP contribution in [-0.2, 0) is 11.3 Å². The maximum atomic E-state index is 6.09. The first-order valence-electron chi connectivity index (χ1n) is 8.13. The van der Waals surface area contributed by atoms with Crippen LogP contribution in [0, 0.1) is 0 Å². The molecule has 1 aromatic carbocycles. The van der Waals surface area contributed by atoms with Crippen LogP contribution in [-0.4, -0.2) is 62.0 Å². The lowest BCUT2D eigenvalue weighted by molar-refractivity contribution is -0.0343. The van der Waals surface area contributed by atoms with Crippen molar-refractivity contribution < 1.29 is 14.2 Å². The molecule has 2 fully saturated rings. The first-order valence-corrected chi connectivity index (χ1v) is 8.13. The largest absolute Gasteiger partial charge is 0.454 e. The van der Waals surface area contributed by atoms with Crippen LogP contribution in [0.15, 0.2) is 18.2 Å². The zero-order chi connectivity index (χ0) is 15.1. The van der Waals surface area contributed by atoms with E-state index in [4.69, 9.17) is 14.2 Å². The lowest BCUT2D eigenvalue weighted by Gasteiger charge is -2.33. The molecule has 22 heavy (non-hydrogen) atoms. The summed E-state index contributed by atoms with van der Waals surface area (Å²) in [7, 11) is 4.31. The Bertz CT molecular complexity index is 549. The molecule has 0 aliphatic carbocycles. The lowest BCUT2D eigenvalue weighted by Crippen LogP contribution is -2.45. The summed E-state index contributed by atoms with van der Waals surface area (Å²) in [5, 5.41) is 0. The maximum Gasteiger partial charge on any atom is 0.231 e. The number of ether oxygens (including phenoxy) is 3. The Kier molecular flexibility index (Phi) is 3.72. The average molecular weight is 304 g/mol. The minimum atomic E-state index is 0.337. The van der Waals surface area contributed by atoms with Gasteiger partial charge in [-0.25, -0.2) is 0 Å². The van der Waals surface area contributed by atoms with Gasteiger partial charge in [-0.2, -0.15) is 0 Å². The summed E-state index contributed by atoms with van der Waals surface area (Å²) < 4.78 is 17.0. The van der Waals surface area contributed by atoms with Crippen molar-refractivity contribution in [3.63, 3.8) is 0 Å². The molecule has 0 spiro atoms. The van der Waals surface area contributed by atoms with Gasteiger partial charge in [-0.15, -0.1) is 0 Å². The summed E-state index contributed by atoms with van der Waals surface area (Å²) in [4.78, 5) is 4.88. The van der Waals surface area contributed by atoms with Gasteiger partial charge < -0.3 is 19.1 Å². The first kappa shape index (κ1) is 14.3. The Morgan fingerprint density at radius 1 is 1.23 bits per heavy atom. The Morgan fingerprint density at radius 2 is 2.09 bits per heavy atom. The fraction of sp³-hybridized carbons (Fsp3) is 0.647. The van der Waals surface area contributed by atoms with Gasteiger partial charge in [-0.05, 0) is 44.6 Å². The molecule has 0 radical (unpaired) electrons. The summed E-state index contributed by atoms with van der Waals surface area (Å²) in [5.41, 5.74) is 1.29. The zero-order valence-electron chi connectivity index (χ0n) is 13.3. The quantitative estimate of drug-likeness (QED) is 0.849. The van der Waals surface area contributed by atoms with Crippen molar-refractivity contribution in [2.24, 2.45) is 0 Å². The van der Waals surface area contributed by atoms with Gasteiger partial charge >= 0.3 is 0 Å². The van der Waals surface area contributed by atoms with E-state index in [9.17, 15) is 0 Å². The highest BCUT2D eigenvalue weighted by Crippen LogP contribution is 2.35. The number of likely N-dealkylation sites (tertiary alicyclic amines) is 1. The standard InChI is InChI=1S/C17H24N2O3/c1-18(2)14-10-19(13-4-3-7-20-17(13)14)9-12-5-6-15-16(8-12)22-11-21-15/h5-6,8,13-14,17H,3-4,7,9-11H2,1-2H3/t13-,14-,17+/m1/s1. The predicted molar refractivity (Wildman–Crippen MR) is 83.2 cm³/mol. The minimum absolute atomic E-state index is 0.337. The number of hydrogen-bond donors (Lipinski definition) is 0. The van der Waals surface area contributed by atoms with E-state index in [2.05, 4.69) is 36.0 Å². The number of rotatable bonds is 3. The van der Waals surface area contributed by atoms with E-state index in [0.29, 0.717) is 25.0 Å². The summed E-state index contributed by atoms with van der Waals surface area (Å²) in [6.45, 7) is 3.26. The van der Waals surface area contributed by atoms with E-state index in [1.54, 1.807) is 0 Å². The van der Waals surface area contributed by atoms with Gasteiger partial charge in [0.2, 0.25) is 6.79 Å². The molecule has 0 unspecified atom stereocenters. The van der Waals surface area contributed by atoms with Crippen LogP contribution in [0.25, 0.3) is 0 Å². The topological polar surface area (TPSA) is 34.2 Å². The van der Waals surface area contributed by atoms with Crippen molar-refractivity contribution in [3.05, 3.63) is 23.8 Å². The van der Waals surface area contributed by atoms with Crippen molar-refractivity contribution in [2.45, 2.75) is 37.6 Å². The number of fused-ring (bicyclic) bond motifs is 2. The van der Waals surface area contributed by atoms with Gasteiger partial charge in [0.25, 0.3) is 0 Å². The molecule has 0 N–H and O–H groups in total. The van der Waals surface area contributed by atoms with E-state index in [1.165, 1.54) is 18.4 Å². The molecule has 2 saturated heterocycles. The van der Waals surface area contributed by atoms with Gasteiger partial charge in [-0.1, -0.05) is 6.07 Å². The molecule has 5 nitrogen and oxygen atoms in total. The van der Waals surface area contributed by atoms with Crippen LogP contribution in [0.1, 0.15) is 18.4 Å². The number of likely N-dealkylation sites (N-methyl/N-ethyl adjacent to an activating group) is 1. The second kappa shape index (κ2) is 5.72. The molecule has 120 valence electrons. The van der Waals surface area contributed by atoms with Crippen molar-refractivity contribution >= 4 is 0 Å². The van der Waals surface area contributed by atoms with Gasteiger partial charge in [0, 0.05) is 31.8 Å².